The molecule has 1 unspecified atom stereocenters. The van der Waals surface area contributed by atoms with E-state index in [2.05, 4.69) is 27.3 Å². The molecule has 0 aromatic carbocycles. The van der Waals surface area contributed by atoms with Gasteiger partial charge in [-0.05, 0) is 59.8 Å². The molecule has 7 heteroatoms. The fourth-order valence-electron chi connectivity index (χ4n) is 2.28. The Hall–Kier alpha value is 0.0500. The number of halogens is 1. The zero-order valence-electron chi connectivity index (χ0n) is 9.99. The van der Waals surface area contributed by atoms with Gasteiger partial charge in [0.25, 0.3) is 0 Å². The van der Waals surface area contributed by atoms with E-state index in [1.54, 1.807) is 11.3 Å². The van der Waals surface area contributed by atoms with Gasteiger partial charge in [0, 0.05) is 10.9 Å². The predicted octanol–water partition coefficient (Wildman–Crippen LogP) is 2.16. The highest BCUT2D eigenvalue weighted by molar-refractivity contribution is 9.11. The van der Waals surface area contributed by atoms with Gasteiger partial charge in [0.05, 0.1) is 9.54 Å². The van der Waals surface area contributed by atoms with Crippen LogP contribution in [-0.4, -0.2) is 20.7 Å². The molecule has 0 saturated heterocycles. The summed E-state index contributed by atoms with van der Waals surface area (Å²) in [7, 11) is -3.33. The van der Waals surface area contributed by atoms with Crippen molar-refractivity contribution in [1.82, 2.24) is 5.32 Å². The van der Waals surface area contributed by atoms with Crippen LogP contribution in [0.1, 0.15) is 35.7 Å². The van der Waals surface area contributed by atoms with Gasteiger partial charge in [-0.25, -0.2) is 13.6 Å². The fraction of sp³-hybridized carbons (Fsp3) is 0.636. The van der Waals surface area contributed by atoms with E-state index in [0.29, 0.717) is 19.0 Å². The minimum atomic E-state index is -3.33. The van der Waals surface area contributed by atoms with Gasteiger partial charge in [0.1, 0.15) is 0 Å². The molecule has 18 heavy (non-hydrogen) atoms. The van der Waals surface area contributed by atoms with Crippen LogP contribution < -0.4 is 10.5 Å². The maximum Gasteiger partial charge on any atom is 0.209 e. The summed E-state index contributed by atoms with van der Waals surface area (Å²) in [5, 5.41) is 8.40. The predicted molar refractivity (Wildman–Crippen MR) is 78.3 cm³/mol. The standard InChI is InChI=1S/C11H17BrN2O2S2/c12-11-7-8-9(3-1-4-10(8)17-11)14-5-2-6-18(13,15)16/h7,9,14H,1-6H2,(H2,13,15,16). The Morgan fingerprint density at radius 3 is 3.06 bits per heavy atom. The molecule has 2 rings (SSSR count). The second-order valence-corrected chi connectivity index (χ2v) is 8.80. The summed E-state index contributed by atoms with van der Waals surface area (Å²) in [6.07, 6.45) is 4.02. The first-order valence-corrected chi connectivity index (χ1v) is 9.30. The Morgan fingerprint density at radius 1 is 1.56 bits per heavy atom. The Labute approximate surface area is 120 Å². The second-order valence-electron chi connectivity index (χ2n) is 4.55. The second kappa shape index (κ2) is 6.00. The molecule has 1 aliphatic rings. The van der Waals surface area contributed by atoms with Crippen LogP contribution in [0.15, 0.2) is 9.85 Å². The van der Waals surface area contributed by atoms with Crippen molar-refractivity contribution < 1.29 is 8.42 Å². The lowest BCUT2D eigenvalue weighted by Crippen LogP contribution is -2.27. The topological polar surface area (TPSA) is 72.2 Å². The summed E-state index contributed by atoms with van der Waals surface area (Å²) < 4.78 is 22.8. The lowest BCUT2D eigenvalue weighted by molar-refractivity contribution is 0.464. The van der Waals surface area contributed by atoms with Crippen LogP contribution in [-0.2, 0) is 16.4 Å². The van der Waals surface area contributed by atoms with Crippen molar-refractivity contribution in [2.45, 2.75) is 31.7 Å². The Balaban J connectivity index is 1.87. The fourth-order valence-corrected chi connectivity index (χ4v) is 4.65. The van der Waals surface area contributed by atoms with Crippen molar-refractivity contribution in [3.05, 3.63) is 20.3 Å². The first kappa shape index (κ1) is 14.5. The quantitative estimate of drug-likeness (QED) is 0.797. The molecule has 1 atom stereocenters. The van der Waals surface area contributed by atoms with Crippen molar-refractivity contribution in [3.8, 4) is 0 Å². The maximum atomic E-state index is 10.8. The highest BCUT2D eigenvalue weighted by Crippen LogP contribution is 2.37. The third-order valence-electron chi connectivity index (χ3n) is 3.08. The van der Waals surface area contributed by atoms with Gasteiger partial charge in [0.2, 0.25) is 10.0 Å². The van der Waals surface area contributed by atoms with Crippen LogP contribution >= 0.6 is 27.3 Å². The smallest absolute Gasteiger partial charge is 0.209 e. The highest BCUT2D eigenvalue weighted by atomic mass is 79.9. The molecule has 0 saturated carbocycles. The third kappa shape index (κ3) is 4.03. The molecule has 0 radical (unpaired) electrons. The van der Waals surface area contributed by atoms with Crippen molar-refractivity contribution in [1.29, 1.82) is 0 Å². The Morgan fingerprint density at radius 2 is 2.33 bits per heavy atom. The number of primary sulfonamides is 1. The monoisotopic (exact) mass is 352 g/mol. The number of rotatable bonds is 5. The zero-order chi connectivity index (χ0) is 13.2. The van der Waals surface area contributed by atoms with E-state index < -0.39 is 10.0 Å². The van der Waals surface area contributed by atoms with E-state index in [1.165, 1.54) is 20.6 Å². The van der Waals surface area contributed by atoms with E-state index in [0.717, 1.165) is 12.8 Å². The van der Waals surface area contributed by atoms with Crippen LogP contribution in [0.4, 0.5) is 0 Å². The largest absolute Gasteiger partial charge is 0.310 e. The lowest BCUT2D eigenvalue weighted by Gasteiger charge is -2.23. The molecule has 1 heterocycles. The number of hydrogen-bond acceptors (Lipinski definition) is 4. The molecule has 1 aliphatic carbocycles. The zero-order valence-corrected chi connectivity index (χ0v) is 13.2. The Bertz CT molecular complexity index is 513. The molecular weight excluding hydrogens is 336 g/mol. The first-order chi connectivity index (χ1) is 8.46. The summed E-state index contributed by atoms with van der Waals surface area (Å²) in [5.41, 5.74) is 1.37. The van der Waals surface area contributed by atoms with E-state index in [1.807, 2.05) is 0 Å². The number of nitrogens with two attached hydrogens (primary N) is 1. The lowest BCUT2D eigenvalue weighted by atomic mass is 9.94. The molecule has 0 bridgehead atoms. The Kier molecular flexibility index (Phi) is 4.82. The van der Waals surface area contributed by atoms with E-state index >= 15 is 0 Å². The van der Waals surface area contributed by atoms with Crippen LogP contribution in [0, 0.1) is 0 Å². The van der Waals surface area contributed by atoms with Gasteiger partial charge in [-0.1, -0.05) is 0 Å². The van der Waals surface area contributed by atoms with Crippen molar-refractivity contribution in [2.75, 3.05) is 12.3 Å². The number of nitrogens with one attached hydrogen (secondary N) is 1. The number of thiophene rings is 1. The molecule has 0 fully saturated rings. The van der Waals surface area contributed by atoms with E-state index in [9.17, 15) is 8.42 Å². The van der Waals surface area contributed by atoms with Crippen LogP contribution in [0.25, 0.3) is 0 Å². The average Bonchev–Trinajstić information content (AvgIpc) is 2.64. The average molecular weight is 353 g/mol. The normalized spacial score (nSPS) is 19.8. The third-order valence-corrected chi connectivity index (χ3v) is 5.65. The molecule has 0 aliphatic heterocycles. The highest BCUT2D eigenvalue weighted by Gasteiger charge is 2.21. The molecule has 3 N–H and O–H groups in total. The number of sulfonamides is 1. The van der Waals surface area contributed by atoms with E-state index in [4.69, 9.17) is 5.14 Å². The van der Waals surface area contributed by atoms with Crippen molar-refractivity contribution in [3.63, 3.8) is 0 Å². The molecule has 0 spiro atoms. The van der Waals surface area contributed by atoms with Crippen LogP contribution in [0.2, 0.25) is 0 Å². The minimum absolute atomic E-state index is 0.0485. The summed E-state index contributed by atoms with van der Waals surface area (Å²) in [5.74, 6) is 0.0485. The summed E-state index contributed by atoms with van der Waals surface area (Å²) in [6, 6.07) is 2.54. The van der Waals surface area contributed by atoms with Gasteiger partial charge in [0.15, 0.2) is 0 Å². The molecule has 1 aromatic heterocycles. The molecule has 4 nitrogen and oxygen atoms in total. The number of aryl methyl sites for hydroxylation is 1. The van der Waals surface area contributed by atoms with Gasteiger partial charge in [-0.2, -0.15) is 0 Å². The molecule has 102 valence electrons. The minimum Gasteiger partial charge on any atom is -0.310 e. The first-order valence-electron chi connectivity index (χ1n) is 5.97. The molecular formula is C11H17BrN2O2S2. The van der Waals surface area contributed by atoms with Crippen LogP contribution in [0.3, 0.4) is 0 Å². The van der Waals surface area contributed by atoms with Crippen molar-refractivity contribution >= 4 is 37.3 Å². The summed E-state index contributed by atoms with van der Waals surface area (Å²) in [6.45, 7) is 0.688. The summed E-state index contributed by atoms with van der Waals surface area (Å²) >= 11 is 5.32. The maximum absolute atomic E-state index is 10.8. The number of hydrogen-bond donors (Lipinski definition) is 2. The summed E-state index contributed by atoms with van der Waals surface area (Å²) in [4.78, 5) is 1.44. The molecule has 0 amide bonds. The SMILES string of the molecule is NS(=O)(=O)CCCNC1CCCc2sc(Br)cc21. The van der Waals surface area contributed by atoms with Gasteiger partial charge in [-0.3, -0.25) is 0 Å². The van der Waals surface area contributed by atoms with Gasteiger partial charge >= 0.3 is 0 Å². The van der Waals surface area contributed by atoms with Crippen LogP contribution in [0.5, 0.6) is 0 Å². The van der Waals surface area contributed by atoms with Gasteiger partial charge < -0.3 is 5.32 Å². The van der Waals surface area contributed by atoms with Crippen molar-refractivity contribution in [2.24, 2.45) is 5.14 Å². The van der Waals surface area contributed by atoms with Gasteiger partial charge in [-0.15, -0.1) is 11.3 Å². The number of fused-ring (bicyclic) bond motifs is 1. The van der Waals surface area contributed by atoms with E-state index in [-0.39, 0.29) is 5.75 Å². The molecule has 1 aromatic rings.